The van der Waals surface area contributed by atoms with Gasteiger partial charge in [-0.2, -0.15) is 0 Å². The van der Waals surface area contributed by atoms with Crippen molar-refractivity contribution < 1.29 is 0 Å². The molecule has 0 nitrogen and oxygen atoms in total. The van der Waals surface area contributed by atoms with E-state index in [2.05, 4.69) is 140 Å². The highest BCUT2D eigenvalue weighted by atomic mass is 32.9. The van der Waals surface area contributed by atoms with Crippen LogP contribution in [0.2, 0.25) is 0 Å². The van der Waals surface area contributed by atoms with Crippen LogP contribution in [-0.2, 0) is 18.9 Å². The van der Waals surface area contributed by atoms with Crippen molar-refractivity contribution in [1.82, 2.24) is 0 Å². The van der Waals surface area contributed by atoms with Crippen molar-refractivity contribution in [2.75, 3.05) is 0 Å². The maximum Gasteiger partial charge on any atom is 0.0123 e. The van der Waals surface area contributed by atoms with Crippen molar-refractivity contribution in [2.24, 2.45) is 0 Å². The molecule has 0 aromatic heterocycles. The summed E-state index contributed by atoms with van der Waals surface area (Å²) in [5.41, 5.74) is 0. The average Bonchev–Trinajstić information content (AvgIpc) is 2.91. The molecule has 5 aromatic carbocycles. The molecule has 0 spiro atoms. The smallest absolute Gasteiger partial charge is 0.0123 e. The summed E-state index contributed by atoms with van der Waals surface area (Å²) >= 11 is 8.78. The molecule has 0 unspecified atom stereocenters. The molecule has 0 atom stereocenters. The summed E-state index contributed by atoms with van der Waals surface area (Å²) in [5, 5.41) is 0. The van der Waals surface area contributed by atoms with Gasteiger partial charge in [-0.15, -0.1) is 7.72 Å². The Morgan fingerprint density at radius 2 is 0.667 bits per heavy atom. The van der Waals surface area contributed by atoms with Gasteiger partial charge in [-0.3, -0.25) is 0 Å². The van der Waals surface area contributed by atoms with Gasteiger partial charge < -0.3 is 0 Å². The molecule has 0 amide bonds. The Morgan fingerprint density at radius 3 is 1.06 bits per heavy atom. The summed E-state index contributed by atoms with van der Waals surface area (Å²) < 4.78 is 0. The molecular formula is C30H24S3. The summed E-state index contributed by atoms with van der Waals surface area (Å²) in [4.78, 5) is 7.12. The highest BCUT2D eigenvalue weighted by Gasteiger charge is 2.41. The fraction of sp³-hybridized carbons (Fsp3) is 0. The Bertz CT molecular complexity index is 1290. The van der Waals surface area contributed by atoms with Crippen molar-refractivity contribution in [3.8, 4) is 0 Å². The van der Waals surface area contributed by atoms with Gasteiger partial charge in [-0.05, 0) is 72.8 Å². The van der Waals surface area contributed by atoms with Crippen molar-refractivity contribution >= 4 is 30.7 Å². The molecule has 0 bridgehead atoms. The van der Waals surface area contributed by atoms with Crippen LogP contribution in [0.3, 0.4) is 0 Å². The van der Waals surface area contributed by atoms with Gasteiger partial charge in [0.2, 0.25) is 0 Å². The highest BCUT2D eigenvalue weighted by Crippen LogP contribution is 2.56. The summed E-state index contributed by atoms with van der Waals surface area (Å²) in [5.74, 6) is 0. The van der Waals surface area contributed by atoms with E-state index in [1.807, 2.05) is 6.07 Å². The molecule has 0 aliphatic rings. The third-order valence-electron chi connectivity index (χ3n) is 5.83. The lowest BCUT2D eigenvalue weighted by molar-refractivity contribution is 1.21. The topological polar surface area (TPSA) is 0 Å². The Hall–Kier alpha value is -2.98. The molecule has 0 radical (unpaired) electrons. The molecule has 33 heavy (non-hydrogen) atoms. The highest BCUT2D eigenvalue weighted by molar-refractivity contribution is 8.52. The largest absolute Gasteiger partial charge is 0.100 e. The molecule has 0 N–H and O–H groups in total. The summed E-state index contributed by atoms with van der Waals surface area (Å²) in [7, 11) is -3.02. The first kappa shape index (κ1) is 21.8. The van der Waals surface area contributed by atoms with E-state index >= 15 is 0 Å². The van der Waals surface area contributed by atoms with Gasteiger partial charge >= 0.3 is 0 Å². The van der Waals surface area contributed by atoms with Crippen molar-refractivity contribution in [2.45, 2.75) is 29.4 Å². The fourth-order valence-corrected chi connectivity index (χ4v) is 10.7. The second kappa shape index (κ2) is 9.11. The molecule has 0 fully saturated rings. The molecular weight excluding hydrogens is 457 g/mol. The molecule has 0 saturated heterocycles. The van der Waals surface area contributed by atoms with E-state index in [0.717, 1.165) is 0 Å². The second-order valence-corrected chi connectivity index (χ2v) is 14.7. The lowest BCUT2D eigenvalue weighted by atomic mass is 10.3. The Morgan fingerprint density at radius 1 is 0.364 bits per heavy atom. The van der Waals surface area contributed by atoms with E-state index in [9.17, 15) is 0 Å². The molecule has 5 aromatic rings. The van der Waals surface area contributed by atoms with E-state index in [-0.39, 0.29) is 0 Å². The minimum atomic E-state index is -3.02. The van der Waals surface area contributed by atoms with Crippen LogP contribution in [0, 0.1) is 0 Å². The number of rotatable bonds is 6. The van der Waals surface area contributed by atoms with Crippen molar-refractivity contribution in [3.63, 3.8) is 0 Å². The maximum absolute atomic E-state index is 7.01. The summed E-state index contributed by atoms with van der Waals surface area (Å²) in [6, 6.07) is 51.4. The van der Waals surface area contributed by atoms with Crippen LogP contribution >= 0.6 is 11.8 Å². The minimum absolute atomic E-state index is 1.17. The van der Waals surface area contributed by atoms with Crippen LogP contribution < -0.4 is 0 Å². The van der Waals surface area contributed by atoms with E-state index in [4.69, 9.17) is 11.2 Å². The van der Waals surface area contributed by atoms with Crippen molar-refractivity contribution in [1.29, 1.82) is 0 Å². The minimum Gasteiger partial charge on any atom is -0.100 e. The summed E-state index contributed by atoms with van der Waals surface area (Å²) in [6.45, 7) is 0. The van der Waals surface area contributed by atoms with Gasteiger partial charge in [-0.1, -0.05) is 95.7 Å². The van der Waals surface area contributed by atoms with Gasteiger partial charge in [0.15, 0.2) is 0 Å². The first-order chi connectivity index (χ1) is 16.2. The van der Waals surface area contributed by atoms with Gasteiger partial charge in [0, 0.05) is 29.4 Å². The van der Waals surface area contributed by atoms with Crippen LogP contribution in [0.5, 0.6) is 0 Å². The van der Waals surface area contributed by atoms with Gasteiger partial charge in [0.05, 0.1) is 0 Å². The van der Waals surface area contributed by atoms with Crippen molar-refractivity contribution in [3.05, 3.63) is 146 Å². The zero-order valence-electron chi connectivity index (χ0n) is 18.1. The number of hydrogen-bond donors (Lipinski definition) is 0. The fourth-order valence-electron chi connectivity index (χ4n) is 4.25. The molecule has 0 aliphatic carbocycles. The molecule has 0 heterocycles. The summed E-state index contributed by atoms with van der Waals surface area (Å²) in [6.07, 6.45) is 0. The third kappa shape index (κ3) is 3.76. The van der Waals surface area contributed by atoms with Gasteiger partial charge in [0.25, 0.3) is 0 Å². The van der Waals surface area contributed by atoms with E-state index in [1.54, 1.807) is 11.8 Å². The first-order valence-electron chi connectivity index (χ1n) is 10.9. The zero-order valence-corrected chi connectivity index (χ0v) is 20.5. The van der Waals surface area contributed by atoms with E-state index in [1.165, 1.54) is 29.4 Å². The van der Waals surface area contributed by atoms with Crippen LogP contribution in [0.15, 0.2) is 175 Å². The Balaban J connectivity index is 1.77. The molecule has 5 rings (SSSR count). The normalized spacial score (nSPS) is 12.5. The monoisotopic (exact) mass is 480 g/mol. The first-order valence-corrected chi connectivity index (χ1v) is 14.6. The molecule has 162 valence electrons. The molecule has 0 saturated carbocycles. The van der Waals surface area contributed by atoms with E-state index in [0.29, 0.717) is 0 Å². The standard InChI is InChI=1S/C30H24S3/c31-33(27-15-7-2-8-16-27,28-17-9-3-10-18-28,29-19-11-4-12-20-29)30-23-21-26(22-24-30)32-25-13-5-1-6-14-25/h1-24H. The zero-order chi connectivity index (χ0) is 22.6. The Labute approximate surface area is 204 Å². The van der Waals surface area contributed by atoms with Crippen LogP contribution in [0.1, 0.15) is 0 Å². The van der Waals surface area contributed by atoms with E-state index < -0.39 is 7.72 Å². The lowest BCUT2D eigenvalue weighted by Crippen LogP contribution is -2.33. The lowest BCUT2D eigenvalue weighted by Gasteiger charge is -2.48. The average molecular weight is 481 g/mol. The van der Waals surface area contributed by atoms with Gasteiger partial charge in [0.1, 0.15) is 0 Å². The Kier molecular flexibility index (Phi) is 6.03. The predicted molar refractivity (Wildman–Crippen MR) is 144 cm³/mol. The quantitative estimate of drug-likeness (QED) is 0.239. The second-order valence-electron chi connectivity index (χ2n) is 7.77. The molecule has 3 heteroatoms. The predicted octanol–water partition coefficient (Wildman–Crippen LogP) is 8.53. The number of benzene rings is 5. The van der Waals surface area contributed by atoms with Crippen LogP contribution in [-0.4, -0.2) is 0 Å². The SMILES string of the molecule is S=S(c1ccccc1)(c1ccccc1)(c1ccccc1)c1ccc(Sc2ccccc2)cc1. The molecule has 0 aliphatic heterocycles. The maximum atomic E-state index is 7.01. The number of hydrogen-bond acceptors (Lipinski definition) is 2. The third-order valence-corrected chi connectivity index (χ3v) is 13.8. The van der Waals surface area contributed by atoms with Crippen LogP contribution in [0.4, 0.5) is 0 Å². The van der Waals surface area contributed by atoms with Gasteiger partial charge in [-0.25, -0.2) is 0 Å². The van der Waals surface area contributed by atoms with Crippen LogP contribution in [0.25, 0.3) is 0 Å².